The van der Waals surface area contributed by atoms with Crippen molar-refractivity contribution in [2.75, 3.05) is 40.0 Å². The van der Waals surface area contributed by atoms with Crippen molar-refractivity contribution in [2.45, 2.75) is 38.8 Å². The lowest BCUT2D eigenvalue weighted by molar-refractivity contribution is -0.143. The summed E-state index contributed by atoms with van der Waals surface area (Å²) in [6.07, 6.45) is -0.487. The van der Waals surface area contributed by atoms with Gasteiger partial charge in [-0.1, -0.05) is 11.8 Å². The number of ether oxygens (including phenoxy) is 3. The van der Waals surface area contributed by atoms with Crippen LogP contribution in [-0.4, -0.2) is 68.6 Å². The van der Waals surface area contributed by atoms with Crippen molar-refractivity contribution < 1.29 is 23.8 Å². The fourth-order valence-corrected chi connectivity index (χ4v) is 1.89. The van der Waals surface area contributed by atoms with Gasteiger partial charge in [0.25, 0.3) is 0 Å². The van der Waals surface area contributed by atoms with E-state index in [1.54, 1.807) is 20.8 Å². The van der Waals surface area contributed by atoms with Gasteiger partial charge in [0.1, 0.15) is 11.6 Å². The highest BCUT2D eigenvalue weighted by atomic mass is 16.6. The van der Waals surface area contributed by atoms with E-state index in [0.717, 1.165) is 13.1 Å². The largest absolute Gasteiger partial charge is 0.467 e. The summed E-state index contributed by atoms with van der Waals surface area (Å²) >= 11 is 0. The average Bonchev–Trinajstić information content (AvgIpc) is 2.48. The van der Waals surface area contributed by atoms with Gasteiger partial charge in [0, 0.05) is 19.5 Å². The van der Waals surface area contributed by atoms with Crippen LogP contribution >= 0.6 is 0 Å². The molecular formula is C16H26N2O5. The predicted molar refractivity (Wildman–Crippen MR) is 84.8 cm³/mol. The Labute approximate surface area is 137 Å². The molecule has 130 valence electrons. The van der Waals surface area contributed by atoms with Crippen LogP contribution in [-0.2, 0) is 19.0 Å². The monoisotopic (exact) mass is 326 g/mol. The standard InChI is InChI=1S/C16H26N2O5/c1-16(2,3)23-15(20)17-13(14(19)21-4)7-5-6-8-18-9-11-22-12-10-18/h13H,7-12H2,1-4H3,(H,17,20). The molecule has 23 heavy (non-hydrogen) atoms. The maximum absolute atomic E-state index is 11.8. The molecule has 1 rings (SSSR count). The van der Waals surface area contributed by atoms with Crippen molar-refractivity contribution in [1.82, 2.24) is 10.2 Å². The summed E-state index contributed by atoms with van der Waals surface area (Å²) in [5.74, 6) is 5.37. The third-order valence-electron chi connectivity index (χ3n) is 3.01. The molecule has 0 aromatic carbocycles. The molecule has 1 heterocycles. The number of alkyl carbamates (subject to hydrolysis) is 1. The van der Waals surface area contributed by atoms with Crippen molar-refractivity contribution in [3.8, 4) is 11.8 Å². The molecule has 0 aliphatic carbocycles. The van der Waals surface area contributed by atoms with E-state index in [-0.39, 0.29) is 6.42 Å². The zero-order valence-corrected chi connectivity index (χ0v) is 14.3. The van der Waals surface area contributed by atoms with E-state index in [9.17, 15) is 9.59 Å². The van der Waals surface area contributed by atoms with E-state index in [1.807, 2.05) is 0 Å². The molecule has 0 radical (unpaired) electrons. The van der Waals surface area contributed by atoms with E-state index in [1.165, 1.54) is 7.11 Å². The SMILES string of the molecule is COC(=O)C(CC#CCN1CCOCC1)NC(=O)OC(C)(C)C. The highest BCUT2D eigenvalue weighted by molar-refractivity contribution is 5.81. The molecule has 0 aromatic rings. The minimum atomic E-state index is -0.841. The van der Waals surface area contributed by atoms with E-state index >= 15 is 0 Å². The summed E-state index contributed by atoms with van der Waals surface area (Å²) in [6, 6.07) is -0.841. The second-order valence-corrected chi connectivity index (χ2v) is 6.17. The molecule has 1 saturated heterocycles. The first kappa shape index (κ1) is 19.3. The first-order valence-corrected chi connectivity index (χ1v) is 7.65. The molecule has 7 heteroatoms. The number of morpholine rings is 1. The molecule has 1 atom stereocenters. The van der Waals surface area contributed by atoms with Gasteiger partial charge in [0.15, 0.2) is 0 Å². The van der Waals surface area contributed by atoms with E-state index < -0.39 is 23.7 Å². The smallest absolute Gasteiger partial charge is 0.408 e. The lowest BCUT2D eigenvalue weighted by atomic mass is 10.2. The number of methoxy groups -OCH3 is 1. The van der Waals surface area contributed by atoms with Gasteiger partial charge in [0.05, 0.1) is 26.9 Å². The van der Waals surface area contributed by atoms with Gasteiger partial charge in [-0.3, -0.25) is 4.90 Å². The van der Waals surface area contributed by atoms with Crippen LogP contribution in [0.3, 0.4) is 0 Å². The number of nitrogens with zero attached hydrogens (tertiary/aromatic N) is 1. The fourth-order valence-electron chi connectivity index (χ4n) is 1.89. The highest BCUT2D eigenvalue weighted by Crippen LogP contribution is 2.07. The number of carbonyl (C=O) groups excluding carboxylic acids is 2. The van der Waals surface area contributed by atoms with Crippen molar-refractivity contribution in [3.05, 3.63) is 0 Å². The second kappa shape index (κ2) is 9.38. The van der Waals surface area contributed by atoms with Crippen LogP contribution in [0.25, 0.3) is 0 Å². The van der Waals surface area contributed by atoms with Crippen LogP contribution < -0.4 is 5.32 Å². The molecule has 0 bridgehead atoms. The first-order chi connectivity index (χ1) is 10.8. The molecule has 1 aliphatic rings. The highest BCUT2D eigenvalue weighted by Gasteiger charge is 2.24. The summed E-state index contributed by atoms with van der Waals surface area (Å²) in [6.45, 7) is 9.01. The van der Waals surface area contributed by atoms with Gasteiger partial charge in [-0.2, -0.15) is 0 Å². The Bertz CT molecular complexity index is 455. The topological polar surface area (TPSA) is 77.1 Å². The molecule has 1 N–H and O–H groups in total. The van der Waals surface area contributed by atoms with Gasteiger partial charge in [-0.15, -0.1) is 0 Å². The van der Waals surface area contributed by atoms with Gasteiger partial charge in [0.2, 0.25) is 0 Å². The Hall–Kier alpha value is -1.78. The Balaban J connectivity index is 2.48. The lowest BCUT2D eigenvalue weighted by Crippen LogP contribution is -2.43. The van der Waals surface area contributed by atoms with Gasteiger partial charge in [-0.25, -0.2) is 9.59 Å². The molecule has 0 saturated carbocycles. The fraction of sp³-hybridized carbons (Fsp3) is 0.750. The molecule has 7 nitrogen and oxygen atoms in total. The van der Waals surface area contributed by atoms with Crippen molar-refractivity contribution in [3.63, 3.8) is 0 Å². The summed E-state index contributed by atoms with van der Waals surface area (Å²) in [7, 11) is 1.27. The maximum atomic E-state index is 11.8. The van der Waals surface area contributed by atoms with Crippen molar-refractivity contribution in [1.29, 1.82) is 0 Å². The van der Waals surface area contributed by atoms with Crippen LogP contribution in [0, 0.1) is 11.8 Å². The molecule has 1 unspecified atom stereocenters. The molecule has 0 spiro atoms. The molecule has 1 fully saturated rings. The average molecular weight is 326 g/mol. The van der Waals surface area contributed by atoms with Crippen LogP contribution in [0.2, 0.25) is 0 Å². The third-order valence-corrected chi connectivity index (χ3v) is 3.01. The van der Waals surface area contributed by atoms with Crippen LogP contribution in [0.4, 0.5) is 4.79 Å². The van der Waals surface area contributed by atoms with Gasteiger partial charge < -0.3 is 19.5 Å². The Kier molecular flexibility index (Phi) is 7.86. The third kappa shape index (κ3) is 8.43. The first-order valence-electron chi connectivity index (χ1n) is 7.65. The molecule has 1 aliphatic heterocycles. The summed E-state index contributed by atoms with van der Waals surface area (Å²) in [4.78, 5) is 25.7. The number of amides is 1. The quantitative estimate of drug-likeness (QED) is 0.608. The summed E-state index contributed by atoms with van der Waals surface area (Å²) < 4.78 is 15.1. The maximum Gasteiger partial charge on any atom is 0.408 e. The second-order valence-electron chi connectivity index (χ2n) is 6.17. The molecule has 0 aromatic heterocycles. The van der Waals surface area contributed by atoms with Crippen LogP contribution in [0.5, 0.6) is 0 Å². The number of hydrogen-bond acceptors (Lipinski definition) is 6. The van der Waals surface area contributed by atoms with Crippen molar-refractivity contribution >= 4 is 12.1 Å². The Morgan fingerprint density at radius 1 is 1.26 bits per heavy atom. The Morgan fingerprint density at radius 2 is 1.91 bits per heavy atom. The van der Waals surface area contributed by atoms with E-state index in [2.05, 4.69) is 26.8 Å². The summed E-state index contributed by atoms with van der Waals surface area (Å²) in [5.41, 5.74) is -0.632. The number of nitrogens with one attached hydrogen (secondary N) is 1. The molecule has 1 amide bonds. The minimum Gasteiger partial charge on any atom is -0.467 e. The van der Waals surface area contributed by atoms with E-state index in [0.29, 0.717) is 19.8 Å². The molecular weight excluding hydrogens is 300 g/mol. The van der Waals surface area contributed by atoms with Crippen LogP contribution in [0.1, 0.15) is 27.2 Å². The normalized spacial score (nSPS) is 16.7. The summed E-state index contributed by atoms with van der Waals surface area (Å²) in [5, 5.41) is 2.49. The van der Waals surface area contributed by atoms with Gasteiger partial charge in [-0.05, 0) is 20.8 Å². The predicted octanol–water partition coefficient (Wildman–Crippen LogP) is 0.778. The van der Waals surface area contributed by atoms with Crippen LogP contribution in [0.15, 0.2) is 0 Å². The van der Waals surface area contributed by atoms with E-state index in [4.69, 9.17) is 9.47 Å². The zero-order chi connectivity index (χ0) is 17.3. The number of carbonyl (C=O) groups is 2. The van der Waals surface area contributed by atoms with Crippen molar-refractivity contribution in [2.24, 2.45) is 0 Å². The lowest BCUT2D eigenvalue weighted by Gasteiger charge is -2.24. The zero-order valence-electron chi connectivity index (χ0n) is 14.3. The number of hydrogen-bond donors (Lipinski definition) is 1. The van der Waals surface area contributed by atoms with Gasteiger partial charge >= 0.3 is 12.1 Å². The number of esters is 1. The number of rotatable bonds is 4. The minimum absolute atomic E-state index is 0.177. The Morgan fingerprint density at radius 3 is 2.48 bits per heavy atom.